The van der Waals surface area contributed by atoms with E-state index in [1.54, 1.807) is 12.1 Å². The van der Waals surface area contributed by atoms with E-state index in [2.05, 4.69) is 20.9 Å². The highest BCUT2D eigenvalue weighted by atomic mass is 16.5. The molecule has 0 aromatic carbocycles. The first-order valence-electron chi connectivity index (χ1n) is 9.74. The lowest BCUT2D eigenvalue weighted by Crippen LogP contribution is -2.33. The van der Waals surface area contributed by atoms with Crippen molar-refractivity contribution < 1.29 is 19.1 Å². The molecule has 3 N–H and O–H groups in total. The van der Waals surface area contributed by atoms with E-state index in [0.29, 0.717) is 64.2 Å². The molecule has 2 aliphatic rings. The van der Waals surface area contributed by atoms with Gasteiger partial charge in [-0.15, -0.1) is 0 Å². The minimum atomic E-state index is -0.181. The molecule has 3 heterocycles. The fraction of sp³-hybridized carbons (Fsp3) is 0.579. The number of aromatic nitrogens is 1. The van der Waals surface area contributed by atoms with Gasteiger partial charge in [0.15, 0.2) is 0 Å². The third-order valence-corrected chi connectivity index (χ3v) is 4.65. The molecule has 0 unspecified atom stereocenters. The summed E-state index contributed by atoms with van der Waals surface area (Å²) in [6.45, 7) is 4.60. The summed E-state index contributed by atoms with van der Waals surface area (Å²) in [5, 5.41) is 9.39. The minimum Gasteiger partial charge on any atom is -0.379 e. The van der Waals surface area contributed by atoms with Crippen LogP contribution in [0.2, 0.25) is 0 Å². The van der Waals surface area contributed by atoms with Gasteiger partial charge in [0.25, 0.3) is 5.91 Å². The zero-order chi connectivity index (χ0) is 19.8. The van der Waals surface area contributed by atoms with E-state index in [0.717, 1.165) is 24.5 Å². The molecule has 9 nitrogen and oxygen atoms in total. The number of fused-ring (bicyclic) bond motifs is 2. The zero-order valence-electron chi connectivity index (χ0n) is 16.0. The highest BCUT2D eigenvalue weighted by Crippen LogP contribution is 2.12. The quantitative estimate of drug-likeness (QED) is 0.462. The molecular weight excluding hydrogens is 362 g/mol. The van der Waals surface area contributed by atoms with Crippen LogP contribution in [0.1, 0.15) is 41.0 Å². The van der Waals surface area contributed by atoms with Crippen LogP contribution in [0, 0.1) is 0 Å². The van der Waals surface area contributed by atoms with Crippen molar-refractivity contribution in [2.24, 2.45) is 0 Å². The average molecular weight is 389 g/mol. The molecule has 1 aromatic heterocycles. The lowest BCUT2D eigenvalue weighted by Gasteiger charge is -2.14. The lowest BCUT2D eigenvalue weighted by molar-refractivity contribution is -0.138. The number of hydrogen-bond donors (Lipinski definition) is 3. The van der Waals surface area contributed by atoms with Gasteiger partial charge in [-0.05, 0) is 18.6 Å². The van der Waals surface area contributed by atoms with Gasteiger partial charge in [0.05, 0.1) is 24.6 Å². The van der Waals surface area contributed by atoms with Crippen LogP contribution in [-0.2, 0) is 27.4 Å². The van der Waals surface area contributed by atoms with Crippen molar-refractivity contribution in [3.63, 3.8) is 0 Å². The third-order valence-electron chi connectivity index (χ3n) is 4.65. The van der Waals surface area contributed by atoms with Gasteiger partial charge >= 0.3 is 0 Å². The number of nitrogens with one attached hydrogen (secondary N) is 3. The Kier molecular flexibility index (Phi) is 7.46. The van der Waals surface area contributed by atoms with Crippen LogP contribution in [0.25, 0.3) is 0 Å². The van der Waals surface area contributed by atoms with Gasteiger partial charge in [-0.1, -0.05) is 0 Å². The van der Waals surface area contributed by atoms with Gasteiger partial charge in [-0.2, -0.15) is 0 Å². The first-order valence-corrected chi connectivity index (χ1v) is 9.74. The van der Waals surface area contributed by atoms with Gasteiger partial charge in [0, 0.05) is 57.7 Å². The van der Waals surface area contributed by atoms with E-state index in [4.69, 9.17) is 4.74 Å². The molecule has 0 aliphatic carbocycles. The van der Waals surface area contributed by atoms with Gasteiger partial charge in [0.2, 0.25) is 11.8 Å². The lowest BCUT2D eigenvalue weighted by atomic mass is 10.1. The van der Waals surface area contributed by atoms with E-state index in [1.165, 1.54) is 4.90 Å². The summed E-state index contributed by atoms with van der Waals surface area (Å²) < 4.78 is 5.48. The summed E-state index contributed by atoms with van der Waals surface area (Å²) in [6, 6.07) is 3.57. The fourth-order valence-corrected chi connectivity index (χ4v) is 3.20. The van der Waals surface area contributed by atoms with Crippen LogP contribution in [0.15, 0.2) is 12.1 Å². The Bertz CT molecular complexity index is 680. The van der Waals surface area contributed by atoms with E-state index in [9.17, 15) is 14.4 Å². The Labute approximate surface area is 164 Å². The van der Waals surface area contributed by atoms with Crippen molar-refractivity contribution in [2.75, 3.05) is 39.4 Å². The SMILES string of the molecule is O=C(NCCCN1C(=O)CCC1=O)c1cc2nc(c1)CNCCOCCNC2. The summed E-state index contributed by atoms with van der Waals surface area (Å²) in [5.74, 6) is -0.434. The maximum absolute atomic E-state index is 12.5. The molecule has 3 amide bonds. The number of nitrogens with zero attached hydrogens (tertiary/aromatic N) is 2. The van der Waals surface area contributed by atoms with Gasteiger partial charge in [0.1, 0.15) is 0 Å². The van der Waals surface area contributed by atoms with Crippen molar-refractivity contribution in [3.05, 3.63) is 29.1 Å². The predicted octanol–water partition coefficient (Wildman–Crippen LogP) is -0.440. The topological polar surface area (TPSA) is 113 Å². The largest absolute Gasteiger partial charge is 0.379 e. The Morgan fingerprint density at radius 1 is 1.07 bits per heavy atom. The first-order chi connectivity index (χ1) is 13.6. The Morgan fingerprint density at radius 3 is 2.29 bits per heavy atom. The van der Waals surface area contributed by atoms with E-state index >= 15 is 0 Å². The number of hydrogen-bond acceptors (Lipinski definition) is 7. The average Bonchev–Trinajstić information content (AvgIpc) is 3.00. The zero-order valence-corrected chi connectivity index (χ0v) is 16.0. The number of carbonyl (C=O) groups is 3. The molecule has 0 atom stereocenters. The molecule has 9 heteroatoms. The first kappa shape index (κ1) is 20.4. The van der Waals surface area contributed by atoms with Crippen molar-refractivity contribution in [3.8, 4) is 0 Å². The van der Waals surface area contributed by atoms with Crippen LogP contribution in [-0.4, -0.2) is 67.0 Å². The van der Waals surface area contributed by atoms with Crippen LogP contribution in [0.3, 0.4) is 0 Å². The molecule has 3 rings (SSSR count). The molecular formula is C19H27N5O4. The van der Waals surface area contributed by atoms with Crippen LogP contribution >= 0.6 is 0 Å². The summed E-state index contributed by atoms with van der Waals surface area (Å²) in [6.07, 6.45) is 1.13. The molecule has 2 aliphatic heterocycles. The van der Waals surface area contributed by atoms with Crippen molar-refractivity contribution in [1.29, 1.82) is 0 Å². The Morgan fingerprint density at radius 2 is 1.68 bits per heavy atom. The van der Waals surface area contributed by atoms with Crippen LogP contribution < -0.4 is 16.0 Å². The number of rotatable bonds is 5. The van der Waals surface area contributed by atoms with Gasteiger partial charge in [-0.3, -0.25) is 24.3 Å². The summed E-state index contributed by atoms with van der Waals surface area (Å²) in [4.78, 5) is 41.6. The number of amides is 3. The number of carbonyl (C=O) groups excluding carboxylic acids is 3. The Balaban J connectivity index is 1.54. The molecule has 0 radical (unpaired) electrons. The normalized spacial score (nSPS) is 18.5. The second-order valence-corrected chi connectivity index (χ2v) is 6.85. The van der Waals surface area contributed by atoms with Crippen molar-refractivity contribution in [2.45, 2.75) is 32.4 Å². The van der Waals surface area contributed by atoms with Gasteiger partial charge < -0.3 is 20.7 Å². The van der Waals surface area contributed by atoms with E-state index < -0.39 is 0 Å². The summed E-state index contributed by atoms with van der Waals surface area (Å²) >= 11 is 0. The van der Waals surface area contributed by atoms with Crippen LogP contribution in [0.5, 0.6) is 0 Å². The number of ether oxygens (including phenoxy) is 1. The monoisotopic (exact) mass is 389 g/mol. The molecule has 0 saturated carbocycles. The predicted molar refractivity (Wildman–Crippen MR) is 101 cm³/mol. The number of likely N-dealkylation sites (tertiary alicyclic amines) is 1. The maximum atomic E-state index is 12.5. The smallest absolute Gasteiger partial charge is 0.251 e. The fourth-order valence-electron chi connectivity index (χ4n) is 3.20. The molecule has 28 heavy (non-hydrogen) atoms. The van der Waals surface area contributed by atoms with Crippen LogP contribution in [0.4, 0.5) is 0 Å². The summed E-state index contributed by atoms with van der Waals surface area (Å²) in [7, 11) is 0. The standard InChI is InChI=1S/C19H27N5O4/c25-17-2-3-18(26)24(17)7-1-4-22-19(27)14-10-15-12-20-5-8-28-9-6-21-13-16(11-14)23-15/h10-11,20-21H,1-9,12-13H2,(H,22,27). The van der Waals surface area contributed by atoms with E-state index in [1.807, 2.05) is 0 Å². The molecule has 1 aromatic rings. The van der Waals surface area contributed by atoms with Gasteiger partial charge in [-0.25, -0.2) is 0 Å². The molecule has 1 saturated heterocycles. The maximum Gasteiger partial charge on any atom is 0.251 e. The second kappa shape index (κ2) is 10.3. The molecule has 2 bridgehead atoms. The number of imide groups is 1. The highest BCUT2D eigenvalue weighted by molar-refractivity contribution is 6.01. The molecule has 152 valence electrons. The highest BCUT2D eigenvalue weighted by Gasteiger charge is 2.27. The molecule has 0 spiro atoms. The second-order valence-electron chi connectivity index (χ2n) is 6.85. The number of pyridine rings is 1. The summed E-state index contributed by atoms with van der Waals surface area (Å²) in [5.41, 5.74) is 2.17. The van der Waals surface area contributed by atoms with Crippen molar-refractivity contribution >= 4 is 17.7 Å². The molecule has 1 fully saturated rings. The van der Waals surface area contributed by atoms with Crippen molar-refractivity contribution in [1.82, 2.24) is 25.8 Å². The van der Waals surface area contributed by atoms with E-state index in [-0.39, 0.29) is 17.7 Å². The Hall–Kier alpha value is -2.36. The third kappa shape index (κ3) is 5.82. The minimum absolute atomic E-state index is 0.127.